The lowest BCUT2D eigenvalue weighted by molar-refractivity contribution is -0.141. The second-order valence-corrected chi connectivity index (χ2v) is 5.86. The van der Waals surface area contributed by atoms with Gasteiger partial charge >= 0.3 is 6.18 Å². The minimum Gasteiger partial charge on any atom is -0.368 e. The molecule has 0 radical (unpaired) electrons. The number of ether oxygens (including phenoxy) is 1. The third-order valence-electron chi connectivity index (χ3n) is 3.10. The molecule has 1 aliphatic heterocycles. The Morgan fingerprint density at radius 3 is 2.90 bits per heavy atom. The zero-order valence-corrected chi connectivity index (χ0v) is 12.3. The molecule has 0 aliphatic carbocycles. The third kappa shape index (κ3) is 5.29. The molecule has 2 rings (SSSR count). The van der Waals surface area contributed by atoms with Crippen molar-refractivity contribution >= 4 is 17.2 Å². The van der Waals surface area contributed by atoms with Gasteiger partial charge in [-0.2, -0.15) is 24.5 Å². The molecule has 1 saturated heterocycles. The average Bonchev–Trinajstić information content (AvgIpc) is 2.88. The van der Waals surface area contributed by atoms with Crippen molar-refractivity contribution in [3.63, 3.8) is 0 Å². The summed E-state index contributed by atoms with van der Waals surface area (Å²) < 4.78 is 42.0. The molecular formula is C13H17F3N2O2S. The predicted octanol–water partition coefficient (Wildman–Crippen LogP) is 2.19. The molecule has 2 heterocycles. The van der Waals surface area contributed by atoms with Crippen molar-refractivity contribution in [1.82, 2.24) is 10.2 Å². The van der Waals surface area contributed by atoms with Crippen LogP contribution in [0.1, 0.15) is 18.6 Å². The SMILES string of the molecule is C[C@@H]1CN(CC(=O)NCC(F)(F)F)C[C@@H](c2ccsc2)O1. The molecule has 0 saturated carbocycles. The predicted molar refractivity (Wildman–Crippen MR) is 73.1 cm³/mol. The summed E-state index contributed by atoms with van der Waals surface area (Å²) in [6, 6.07) is 1.95. The van der Waals surface area contributed by atoms with Gasteiger partial charge in [0.25, 0.3) is 0 Å². The van der Waals surface area contributed by atoms with Gasteiger partial charge < -0.3 is 10.1 Å². The fourth-order valence-electron chi connectivity index (χ4n) is 2.27. The van der Waals surface area contributed by atoms with Crippen LogP contribution in [0.25, 0.3) is 0 Å². The molecule has 0 unspecified atom stereocenters. The molecule has 1 aromatic heterocycles. The first kappa shape index (κ1) is 16.3. The van der Waals surface area contributed by atoms with E-state index in [2.05, 4.69) is 0 Å². The second-order valence-electron chi connectivity index (χ2n) is 5.08. The minimum atomic E-state index is -4.38. The molecule has 21 heavy (non-hydrogen) atoms. The highest BCUT2D eigenvalue weighted by Gasteiger charge is 2.30. The van der Waals surface area contributed by atoms with Gasteiger partial charge in [0.1, 0.15) is 6.54 Å². The molecule has 1 aromatic rings. The Kier molecular flexibility index (Phi) is 5.23. The smallest absolute Gasteiger partial charge is 0.368 e. The van der Waals surface area contributed by atoms with Crippen molar-refractivity contribution in [2.75, 3.05) is 26.2 Å². The largest absolute Gasteiger partial charge is 0.405 e. The summed E-state index contributed by atoms with van der Waals surface area (Å²) in [5.74, 6) is -0.620. The number of nitrogens with zero attached hydrogens (tertiary/aromatic N) is 1. The van der Waals surface area contributed by atoms with Crippen LogP contribution in [0, 0.1) is 0 Å². The second kappa shape index (κ2) is 6.76. The third-order valence-corrected chi connectivity index (χ3v) is 3.81. The first-order valence-electron chi connectivity index (χ1n) is 6.57. The van der Waals surface area contributed by atoms with Gasteiger partial charge in [0, 0.05) is 13.1 Å². The Hall–Kier alpha value is -1.12. The fraction of sp³-hybridized carbons (Fsp3) is 0.615. The van der Waals surface area contributed by atoms with E-state index in [0.29, 0.717) is 13.1 Å². The molecule has 0 aromatic carbocycles. The maximum Gasteiger partial charge on any atom is 0.405 e. The molecular weight excluding hydrogens is 305 g/mol. The van der Waals surface area contributed by atoms with Crippen LogP contribution < -0.4 is 5.32 Å². The number of carbonyl (C=O) groups is 1. The quantitative estimate of drug-likeness (QED) is 0.924. The summed E-state index contributed by atoms with van der Waals surface area (Å²) in [6.45, 7) is 1.57. The summed E-state index contributed by atoms with van der Waals surface area (Å²) >= 11 is 1.56. The highest BCUT2D eigenvalue weighted by Crippen LogP contribution is 2.26. The van der Waals surface area contributed by atoms with Crippen LogP contribution in [0.3, 0.4) is 0 Å². The van der Waals surface area contributed by atoms with E-state index in [1.54, 1.807) is 11.3 Å². The number of rotatable bonds is 4. The number of amides is 1. The van der Waals surface area contributed by atoms with Crippen LogP contribution in [0.4, 0.5) is 13.2 Å². The molecule has 1 N–H and O–H groups in total. The monoisotopic (exact) mass is 322 g/mol. The number of thiophene rings is 1. The molecule has 8 heteroatoms. The first-order valence-corrected chi connectivity index (χ1v) is 7.51. The fourth-order valence-corrected chi connectivity index (χ4v) is 2.97. The van der Waals surface area contributed by atoms with Gasteiger partial charge in [0.05, 0.1) is 18.8 Å². The van der Waals surface area contributed by atoms with Crippen molar-refractivity contribution in [3.05, 3.63) is 22.4 Å². The van der Waals surface area contributed by atoms with E-state index in [1.165, 1.54) is 0 Å². The standard InChI is InChI=1S/C13H17F3N2O2S/c1-9-4-18(6-12(19)17-8-13(14,15)16)5-11(20-9)10-2-3-21-7-10/h2-3,7,9,11H,4-6,8H2,1H3,(H,17,19)/t9-,11+/m1/s1. The molecule has 0 bridgehead atoms. The topological polar surface area (TPSA) is 41.6 Å². The summed E-state index contributed by atoms with van der Waals surface area (Å²) in [6.07, 6.45) is -4.60. The van der Waals surface area contributed by atoms with E-state index in [-0.39, 0.29) is 18.8 Å². The number of hydrogen-bond acceptors (Lipinski definition) is 4. The van der Waals surface area contributed by atoms with E-state index in [0.717, 1.165) is 5.56 Å². The van der Waals surface area contributed by atoms with Crippen molar-refractivity contribution in [2.24, 2.45) is 0 Å². The van der Waals surface area contributed by atoms with Crippen LogP contribution >= 0.6 is 11.3 Å². The van der Waals surface area contributed by atoms with E-state index in [1.807, 2.05) is 34.0 Å². The average molecular weight is 322 g/mol. The van der Waals surface area contributed by atoms with Gasteiger partial charge in [-0.1, -0.05) is 0 Å². The number of halogens is 3. The summed E-state index contributed by atoms with van der Waals surface area (Å²) in [7, 11) is 0. The van der Waals surface area contributed by atoms with Gasteiger partial charge in [0.2, 0.25) is 5.91 Å². The van der Waals surface area contributed by atoms with Crippen LogP contribution in [-0.4, -0.2) is 49.3 Å². The number of hydrogen-bond donors (Lipinski definition) is 1. The van der Waals surface area contributed by atoms with Crippen molar-refractivity contribution in [3.8, 4) is 0 Å². The molecule has 1 fully saturated rings. The summed E-state index contributed by atoms with van der Waals surface area (Å²) in [5, 5.41) is 5.81. The van der Waals surface area contributed by atoms with Crippen LogP contribution in [0.15, 0.2) is 16.8 Å². The van der Waals surface area contributed by atoms with Gasteiger partial charge in [-0.05, 0) is 29.3 Å². The van der Waals surface area contributed by atoms with Crippen molar-refractivity contribution in [1.29, 1.82) is 0 Å². The molecule has 118 valence electrons. The molecule has 4 nitrogen and oxygen atoms in total. The number of carbonyl (C=O) groups excluding carboxylic acids is 1. The number of alkyl halides is 3. The van der Waals surface area contributed by atoms with E-state index < -0.39 is 18.6 Å². The Morgan fingerprint density at radius 1 is 1.52 bits per heavy atom. The van der Waals surface area contributed by atoms with E-state index in [9.17, 15) is 18.0 Å². The van der Waals surface area contributed by atoms with E-state index >= 15 is 0 Å². The maximum absolute atomic E-state index is 12.1. The molecule has 1 amide bonds. The normalized spacial score (nSPS) is 24.0. The number of nitrogens with one attached hydrogen (secondary N) is 1. The zero-order valence-electron chi connectivity index (χ0n) is 11.5. The lowest BCUT2D eigenvalue weighted by atomic mass is 10.1. The molecule has 0 spiro atoms. The van der Waals surface area contributed by atoms with E-state index in [4.69, 9.17) is 4.74 Å². The number of morpholine rings is 1. The Morgan fingerprint density at radius 2 is 2.29 bits per heavy atom. The lowest BCUT2D eigenvalue weighted by Gasteiger charge is -2.36. The van der Waals surface area contributed by atoms with Gasteiger partial charge in [-0.25, -0.2) is 0 Å². The Balaban J connectivity index is 1.86. The maximum atomic E-state index is 12.1. The van der Waals surface area contributed by atoms with Crippen LogP contribution in [0.5, 0.6) is 0 Å². The summed E-state index contributed by atoms with van der Waals surface area (Å²) in [4.78, 5) is 13.4. The van der Waals surface area contributed by atoms with Gasteiger partial charge in [0.15, 0.2) is 0 Å². The first-order chi connectivity index (χ1) is 9.83. The van der Waals surface area contributed by atoms with Gasteiger partial charge in [-0.3, -0.25) is 9.69 Å². The minimum absolute atomic E-state index is 0.0512. The van der Waals surface area contributed by atoms with Crippen LogP contribution in [0.2, 0.25) is 0 Å². The summed E-state index contributed by atoms with van der Waals surface area (Å²) in [5.41, 5.74) is 1.03. The zero-order chi connectivity index (χ0) is 15.5. The Labute approximate surface area is 124 Å². The molecule has 1 aliphatic rings. The Bertz CT molecular complexity index is 464. The molecule has 2 atom stereocenters. The van der Waals surface area contributed by atoms with Crippen LogP contribution in [-0.2, 0) is 9.53 Å². The highest BCUT2D eigenvalue weighted by atomic mass is 32.1. The van der Waals surface area contributed by atoms with Crippen molar-refractivity contribution < 1.29 is 22.7 Å². The van der Waals surface area contributed by atoms with Gasteiger partial charge in [-0.15, -0.1) is 0 Å². The highest BCUT2D eigenvalue weighted by molar-refractivity contribution is 7.07. The van der Waals surface area contributed by atoms with Crippen molar-refractivity contribution in [2.45, 2.75) is 25.3 Å². The lowest BCUT2D eigenvalue weighted by Crippen LogP contribution is -2.48.